The number of benzene rings is 1. The molecule has 0 aliphatic rings. The van der Waals surface area contributed by atoms with E-state index in [4.69, 9.17) is 16.3 Å². The van der Waals surface area contributed by atoms with Crippen molar-refractivity contribution in [1.82, 2.24) is 9.97 Å². The second-order valence-corrected chi connectivity index (χ2v) is 4.65. The zero-order valence-corrected chi connectivity index (χ0v) is 12.1. The van der Waals surface area contributed by atoms with E-state index in [2.05, 4.69) is 15.3 Å². The van der Waals surface area contributed by atoms with Crippen LogP contribution < -0.4 is 10.1 Å². The third-order valence-corrected chi connectivity index (χ3v) is 3.02. The summed E-state index contributed by atoms with van der Waals surface area (Å²) >= 11 is 5.60. The Labute approximate surface area is 126 Å². The topological polar surface area (TPSA) is 67.3 Å². The molecule has 0 saturated carbocycles. The third-order valence-electron chi connectivity index (χ3n) is 2.71. The Morgan fingerprint density at radius 1 is 1.43 bits per heavy atom. The molecule has 2 rings (SSSR count). The largest absolute Gasteiger partial charge is 0.477 e. The van der Waals surface area contributed by atoms with E-state index in [0.29, 0.717) is 23.9 Å². The maximum atomic E-state index is 13.3. The second-order valence-electron chi connectivity index (χ2n) is 4.25. The summed E-state index contributed by atoms with van der Waals surface area (Å²) in [5.74, 6) is 0.301. The van der Waals surface area contributed by atoms with E-state index < -0.39 is 11.9 Å². The van der Waals surface area contributed by atoms with Crippen molar-refractivity contribution in [3.05, 3.63) is 47.0 Å². The van der Waals surface area contributed by atoms with Crippen molar-refractivity contribution in [3.63, 3.8) is 0 Å². The fraction of sp³-hybridized carbons (Fsp3) is 0.286. The molecule has 1 aromatic heterocycles. The van der Waals surface area contributed by atoms with Gasteiger partial charge in [0.2, 0.25) is 5.88 Å². The van der Waals surface area contributed by atoms with Gasteiger partial charge in [-0.1, -0.05) is 17.7 Å². The van der Waals surface area contributed by atoms with E-state index in [0.717, 1.165) is 0 Å². The number of rotatable bonds is 6. The number of halogens is 2. The van der Waals surface area contributed by atoms with Gasteiger partial charge in [0.25, 0.3) is 0 Å². The summed E-state index contributed by atoms with van der Waals surface area (Å²) in [6, 6.07) is 4.18. The first-order chi connectivity index (χ1) is 10.1. The van der Waals surface area contributed by atoms with E-state index in [1.165, 1.54) is 24.5 Å². The number of ether oxygens (including phenoxy) is 1. The number of nitrogens with zero attached hydrogens (tertiary/aromatic N) is 2. The molecule has 2 N–H and O–H groups in total. The van der Waals surface area contributed by atoms with Crippen LogP contribution in [0, 0.1) is 5.82 Å². The van der Waals surface area contributed by atoms with Gasteiger partial charge in [0, 0.05) is 6.54 Å². The van der Waals surface area contributed by atoms with Gasteiger partial charge in [0.15, 0.2) is 0 Å². The van der Waals surface area contributed by atoms with E-state index in [9.17, 15) is 9.50 Å². The van der Waals surface area contributed by atoms with Gasteiger partial charge in [-0.3, -0.25) is 4.98 Å². The number of hydrogen-bond acceptors (Lipinski definition) is 5. The van der Waals surface area contributed by atoms with Crippen LogP contribution in [-0.4, -0.2) is 28.2 Å². The maximum Gasteiger partial charge on any atom is 0.234 e. The quantitative estimate of drug-likeness (QED) is 0.858. The Balaban J connectivity index is 1.98. The molecule has 21 heavy (non-hydrogen) atoms. The monoisotopic (exact) mass is 311 g/mol. The van der Waals surface area contributed by atoms with Crippen LogP contribution in [0.15, 0.2) is 30.6 Å². The normalized spacial score (nSPS) is 12.0. The van der Waals surface area contributed by atoms with Gasteiger partial charge in [-0.2, -0.15) is 4.98 Å². The third kappa shape index (κ3) is 4.27. The van der Waals surface area contributed by atoms with E-state index in [-0.39, 0.29) is 11.6 Å². The molecule has 0 saturated heterocycles. The van der Waals surface area contributed by atoms with Crippen molar-refractivity contribution >= 4 is 17.4 Å². The summed E-state index contributed by atoms with van der Waals surface area (Å²) in [5, 5.41) is 13.0. The summed E-state index contributed by atoms with van der Waals surface area (Å²) in [6.45, 7) is 2.50. The summed E-state index contributed by atoms with van der Waals surface area (Å²) in [4.78, 5) is 8.13. The molecule has 0 bridgehead atoms. The molecule has 1 aromatic carbocycles. The summed E-state index contributed by atoms with van der Waals surface area (Å²) in [7, 11) is 0. The molecule has 2 aromatic rings. The summed E-state index contributed by atoms with van der Waals surface area (Å²) in [6.07, 6.45) is 2.12. The molecule has 0 radical (unpaired) electrons. The fourth-order valence-corrected chi connectivity index (χ4v) is 1.81. The van der Waals surface area contributed by atoms with Crippen LogP contribution in [0.3, 0.4) is 0 Å². The minimum Gasteiger partial charge on any atom is -0.477 e. The molecule has 0 aliphatic heterocycles. The molecular weight excluding hydrogens is 297 g/mol. The molecule has 0 fully saturated rings. The minimum absolute atomic E-state index is 0.0224. The van der Waals surface area contributed by atoms with Crippen molar-refractivity contribution in [2.75, 3.05) is 18.5 Å². The van der Waals surface area contributed by atoms with Crippen molar-refractivity contribution in [2.45, 2.75) is 13.0 Å². The van der Waals surface area contributed by atoms with Gasteiger partial charge in [-0.25, -0.2) is 4.39 Å². The molecule has 1 atom stereocenters. The lowest BCUT2D eigenvalue weighted by molar-refractivity contribution is 0.191. The van der Waals surface area contributed by atoms with Gasteiger partial charge in [0.05, 0.1) is 30.1 Å². The van der Waals surface area contributed by atoms with Crippen LogP contribution in [0.2, 0.25) is 5.02 Å². The van der Waals surface area contributed by atoms with Crippen LogP contribution in [0.4, 0.5) is 10.2 Å². The van der Waals surface area contributed by atoms with Gasteiger partial charge in [-0.15, -0.1) is 0 Å². The first kappa shape index (κ1) is 15.5. The van der Waals surface area contributed by atoms with Crippen molar-refractivity contribution in [1.29, 1.82) is 0 Å². The smallest absolute Gasteiger partial charge is 0.234 e. The Morgan fingerprint density at radius 2 is 2.24 bits per heavy atom. The summed E-state index contributed by atoms with van der Waals surface area (Å²) in [5.41, 5.74) is 0.429. The Bertz CT molecular complexity index is 613. The molecule has 1 unspecified atom stereocenters. The zero-order chi connectivity index (χ0) is 15.2. The van der Waals surface area contributed by atoms with Crippen molar-refractivity contribution in [3.8, 4) is 5.88 Å². The molecule has 7 heteroatoms. The number of aliphatic hydroxyl groups excluding tert-OH is 1. The Hall–Kier alpha value is -1.92. The standard InChI is InChI=1S/C14H15ClFN3O2/c1-2-21-14-8-17-7-13(19-14)18-6-12(20)9-3-4-10(15)11(16)5-9/h3-5,7-8,12,20H,2,6H2,1H3,(H,18,19). The highest BCUT2D eigenvalue weighted by molar-refractivity contribution is 6.30. The van der Waals surface area contributed by atoms with E-state index >= 15 is 0 Å². The highest BCUT2D eigenvalue weighted by Gasteiger charge is 2.10. The predicted molar refractivity (Wildman–Crippen MR) is 78.1 cm³/mol. The van der Waals surface area contributed by atoms with Crippen LogP contribution in [0.1, 0.15) is 18.6 Å². The maximum absolute atomic E-state index is 13.3. The van der Waals surface area contributed by atoms with Gasteiger partial charge < -0.3 is 15.2 Å². The van der Waals surface area contributed by atoms with Crippen molar-refractivity contribution in [2.24, 2.45) is 0 Å². The fourth-order valence-electron chi connectivity index (χ4n) is 1.69. The van der Waals surface area contributed by atoms with Crippen LogP contribution >= 0.6 is 11.6 Å². The molecule has 0 spiro atoms. The van der Waals surface area contributed by atoms with Gasteiger partial charge in [-0.05, 0) is 24.6 Å². The van der Waals surface area contributed by atoms with Crippen LogP contribution in [0.5, 0.6) is 5.88 Å². The first-order valence-corrected chi connectivity index (χ1v) is 6.79. The molecule has 5 nitrogen and oxygen atoms in total. The second kappa shape index (κ2) is 7.19. The lowest BCUT2D eigenvalue weighted by Gasteiger charge is -2.13. The number of anilines is 1. The van der Waals surface area contributed by atoms with Crippen molar-refractivity contribution < 1.29 is 14.2 Å². The van der Waals surface area contributed by atoms with E-state index in [1.807, 2.05) is 6.92 Å². The van der Waals surface area contributed by atoms with Crippen LogP contribution in [-0.2, 0) is 0 Å². The lowest BCUT2D eigenvalue weighted by atomic mass is 10.1. The highest BCUT2D eigenvalue weighted by atomic mass is 35.5. The van der Waals surface area contributed by atoms with Gasteiger partial charge in [0.1, 0.15) is 11.6 Å². The van der Waals surface area contributed by atoms with E-state index in [1.54, 1.807) is 6.07 Å². The van der Waals surface area contributed by atoms with Crippen LogP contribution in [0.25, 0.3) is 0 Å². The van der Waals surface area contributed by atoms with Gasteiger partial charge >= 0.3 is 0 Å². The molecule has 112 valence electrons. The number of aromatic nitrogens is 2. The average Bonchev–Trinajstić information content (AvgIpc) is 2.48. The Morgan fingerprint density at radius 3 is 2.95 bits per heavy atom. The average molecular weight is 312 g/mol. The number of nitrogens with one attached hydrogen (secondary N) is 1. The molecular formula is C14H15ClFN3O2. The first-order valence-electron chi connectivity index (χ1n) is 6.42. The SMILES string of the molecule is CCOc1cncc(NCC(O)c2ccc(Cl)c(F)c2)n1. The molecule has 0 amide bonds. The Kier molecular flexibility index (Phi) is 5.30. The summed E-state index contributed by atoms with van der Waals surface area (Å²) < 4.78 is 18.6. The lowest BCUT2D eigenvalue weighted by Crippen LogP contribution is -2.13. The number of hydrogen-bond donors (Lipinski definition) is 2. The number of aliphatic hydroxyl groups is 1. The molecule has 0 aliphatic carbocycles. The predicted octanol–water partition coefficient (Wildman–Crippen LogP) is 2.81. The minimum atomic E-state index is -0.894. The highest BCUT2D eigenvalue weighted by Crippen LogP contribution is 2.20. The molecule has 1 heterocycles. The zero-order valence-electron chi connectivity index (χ0n) is 11.4.